The number of aromatic nitrogens is 2. The topological polar surface area (TPSA) is 41.4 Å². The van der Waals surface area contributed by atoms with E-state index in [0.717, 1.165) is 64.0 Å². The number of carbonyl (C=O) groups excluding carboxylic acids is 1. The molecule has 1 saturated heterocycles. The van der Waals surface area contributed by atoms with Gasteiger partial charge in [0.2, 0.25) is 0 Å². The Labute approximate surface area is 158 Å². The van der Waals surface area contributed by atoms with Gasteiger partial charge in [0, 0.05) is 30.9 Å². The first-order valence-corrected chi connectivity index (χ1v) is 10.6. The van der Waals surface area contributed by atoms with Crippen LogP contribution in [0.2, 0.25) is 0 Å². The Bertz CT molecular complexity index is 601. The highest BCUT2D eigenvalue weighted by Gasteiger charge is 2.31. The molecule has 1 amide bonds. The predicted molar refractivity (Wildman–Crippen MR) is 106 cm³/mol. The maximum atomic E-state index is 13.1. The van der Waals surface area contributed by atoms with Crippen LogP contribution in [0.4, 0.5) is 0 Å². The van der Waals surface area contributed by atoms with Crippen LogP contribution in [-0.2, 0) is 19.4 Å². The summed E-state index contributed by atoms with van der Waals surface area (Å²) in [7, 11) is 4.28. The highest BCUT2D eigenvalue weighted by Crippen LogP contribution is 2.32. The third kappa shape index (κ3) is 4.48. The molecule has 3 rings (SSSR count). The van der Waals surface area contributed by atoms with Crippen LogP contribution in [0.25, 0.3) is 0 Å². The number of hydrogen-bond donors (Lipinski definition) is 0. The van der Waals surface area contributed by atoms with E-state index in [9.17, 15) is 4.79 Å². The van der Waals surface area contributed by atoms with E-state index in [1.807, 2.05) is 4.90 Å². The van der Waals surface area contributed by atoms with Crippen molar-refractivity contribution in [3.63, 3.8) is 0 Å². The summed E-state index contributed by atoms with van der Waals surface area (Å²) >= 11 is 0. The Kier molecular flexibility index (Phi) is 6.74. The van der Waals surface area contributed by atoms with Gasteiger partial charge in [-0.15, -0.1) is 0 Å². The summed E-state index contributed by atoms with van der Waals surface area (Å²) in [5.41, 5.74) is 3.39. The molecule has 5 nitrogen and oxygen atoms in total. The van der Waals surface area contributed by atoms with Crippen molar-refractivity contribution in [1.29, 1.82) is 0 Å². The van der Waals surface area contributed by atoms with Crippen molar-refractivity contribution in [2.24, 2.45) is 5.92 Å². The number of likely N-dealkylation sites (tertiary alicyclic amines) is 1. The van der Waals surface area contributed by atoms with Crippen LogP contribution < -0.4 is 0 Å². The summed E-state index contributed by atoms with van der Waals surface area (Å²) in [6.45, 7) is 6.08. The van der Waals surface area contributed by atoms with Gasteiger partial charge in [-0.25, -0.2) is 0 Å². The summed E-state index contributed by atoms with van der Waals surface area (Å²) in [5, 5.41) is 4.82. The monoisotopic (exact) mass is 360 g/mol. The lowest BCUT2D eigenvalue weighted by Gasteiger charge is -2.27. The lowest BCUT2D eigenvalue weighted by molar-refractivity contribution is 0.0716. The first kappa shape index (κ1) is 19.4. The molecule has 1 aromatic rings. The number of piperidine rings is 1. The number of fused-ring (bicyclic) bond motifs is 1. The van der Waals surface area contributed by atoms with E-state index in [2.05, 4.69) is 30.6 Å². The van der Waals surface area contributed by atoms with Crippen LogP contribution in [0.5, 0.6) is 0 Å². The Morgan fingerprint density at radius 1 is 1.23 bits per heavy atom. The van der Waals surface area contributed by atoms with Crippen molar-refractivity contribution >= 4 is 5.91 Å². The Morgan fingerprint density at radius 3 is 2.69 bits per heavy atom. The van der Waals surface area contributed by atoms with Crippen molar-refractivity contribution in [3.8, 4) is 0 Å². The summed E-state index contributed by atoms with van der Waals surface area (Å²) in [4.78, 5) is 17.4. The van der Waals surface area contributed by atoms with E-state index >= 15 is 0 Å². The maximum absolute atomic E-state index is 13.1. The van der Waals surface area contributed by atoms with Gasteiger partial charge in [0.15, 0.2) is 5.69 Å². The van der Waals surface area contributed by atoms with E-state index in [1.165, 1.54) is 36.9 Å². The predicted octanol–water partition coefficient (Wildman–Crippen LogP) is 3.37. The molecule has 0 saturated carbocycles. The second-order valence-corrected chi connectivity index (χ2v) is 8.40. The molecule has 0 spiro atoms. The van der Waals surface area contributed by atoms with Crippen molar-refractivity contribution in [2.75, 3.05) is 33.7 Å². The van der Waals surface area contributed by atoms with Gasteiger partial charge in [-0.3, -0.25) is 9.48 Å². The molecule has 2 heterocycles. The van der Waals surface area contributed by atoms with Crippen LogP contribution in [0.15, 0.2) is 0 Å². The molecule has 1 fully saturated rings. The van der Waals surface area contributed by atoms with Crippen LogP contribution in [-0.4, -0.2) is 59.2 Å². The van der Waals surface area contributed by atoms with Crippen molar-refractivity contribution < 1.29 is 4.79 Å². The minimum absolute atomic E-state index is 0.185. The molecule has 1 aliphatic carbocycles. The van der Waals surface area contributed by atoms with E-state index in [0.29, 0.717) is 5.92 Å². The number of carbonyl (C=O) groups is 1. The zero-order chi connectivity index (χ0) is 18.5. The quantitative estimate of drug-likeness (QED) is 0.749. The molecule has 1 aromatic heterocycles. The Hall–Kier alpha value is -1.36. The van der Waals surface area contributed by atoms with Crippen molar-refractivity contribution in [1.82, 2.24) is 19.6 Å². The highest BCUT2D eigenvalue weighted by atomic mass is 16.2. The summed E-state index contributed by atoms with van der Waals surface area (Å²) in [6, 6.07) is 0. The van der Waals surface area contributed by atoms with Gasteiger partial charge in [-0.2, -0.15) is 5.10 Å². The second kappa shape index (κ2) is 9.03. The van der Waals surface area contributed by atoms with E-state index in [-0.39, 0.29) is 5.91 Å². The molecule has 0 N–H and O–H groups in total. The van der Waals surface area contributed by atoms with Crippen LogP contribution in [0.1, 0.15) is 73.6 Å². The Balaban J connectivity index is 1.76. The normalized spacial score (nSPS) is 20.5. The van der Waals surface area contributed by atoms with Crippen molar-refractivity contribution in [3.05, 3.63) is 17.0 Å². The summed E-state index contributed by atoms with van der Waals surface area (Å²) < 4.78 is 2.14. The molecule has 26 heavy (non-hydrogen) atoms. The lowest BCUT2D eigenvalue weighted by Crippen LogP contribution is -2.36. The third-order valence-electron chi connectivity index (χ3n) is 5.95. The van der Waals surface area contributed by atoms with Gasteiger partial charge < -0.3 is 9.80 Å². The van der Waals surface area contributed by atoms with Gasteiger partial charge in [-0.05, 0) is 84.3 Å². The molecule has 0 radical (unpaired) electrons. The molecule has 1 aliphatic heterocycles. The smallest absolute Gasteiger partial charge is 0.274 e. The molecule has 1 atom stereocenters. The van der Waals surface area contributed by atoms with E-state index < -0.39 is 0 Å². The number of nitrogens with zero attached hydrogens (tertiary/aromatic N) is 4. The largest absolute Gasteiger partial charge is 0.337 e. The van der Waals surface area contributed by atoms with Crippen LogP contribution in [0.3, 0.4) is 0 Å². The fourth-order valence-electron chi connectivity index (χ4n) is 4.52. The standard InChI is InChI=1S/C21H36N4O/c1-4-12-25-19-11-10-17(9-8-13-23(2)3)16-18(19)20(22-25)21(26)24-14-6-5-7-15-24/h17H,4-16H2,1-3H3. The van der Waals surface area contributed by atoms with Gasteiger partial charge in [0.1, 0.15) is 0 Å². The fraction of sp³-hybridized carbons (Fsp3) is 0.810. The molecular formula is C21H36N4O. The zero-order valence-corrected chi connectivity index (χ0v) is 17.0. The Morgan fingerprint density at radius 2 is 2.00 bits per heavy atom. The number of hydrogen-bond acceptors (Lipinski definition) is 3. The molecular weight excluding hydrogens is 324 g/mol. The minimum atomic E-state index is 0.185. The average Bonchev–Trinajstić information content (AvgIpc) is 3.00. The van der Waals surface area contributed by atoms with Crippen LogP contribution >= 0.6 is 0 Å². The fourth-order valence-corrected chi connectivity index (χ4v) is 4.52. The molecule has 1 unspecified atom stereocenters. The molecule has 5 heteroatoms. The van der Waals surface area contributed by atoms with E-state index in [4.69, 9.17) is 5.10 Å². The van der Waals surface area contributed by atoms with Crippen molar-refractivity contribution in [2.45, 2.75) is 71.3 Å². The molecule has 2 aliphatic rings. The summed E-state index contributed by atoms with van der Waals surface area (Å²) in [6.07, 6.45) is 10.5. The minimum Gasteiger partial charge on any atom is -0.337 e. The maximum Gasteiger partial charge on any atom is 0.274 e. The zero-order valence-electron chi connectivity index (χ0n) is 17.0. The number of amides is 1. The first-order chi connectivity index (χ1) is 12.6. The average molecular weight is 361 g/mol. The van der Waals surface area contributed by atoms with Gasteiger partial charge in [-0.1, -0.05) is 6.92 Å². The molecule has 0 aromatic carbocycles. The highest BCUT2D eigenvalue weighted by molar-refractivity contribution is 5.94. The van der Waals surface area contributed by atoms with Crippen LogP contribution in [0, 0.1) is 5.92 Å². The van der Waals surface area contributed by atoms with E-state index in [1.54, 1.807) is 0 Å². The summed E-state index contributed by atoms with van der Waals surface area (Å²) in [5.74, 6) is 0.888. The third-order valence-corrected chi connectivity index (χ3v) is 5.95. The van der Waals surface area contributed by atoms with Gasteiger partial charge >= 0.3 is 0 Å². The second-order valence-electron chi connectivity index (χ2n) is 8.40. The van der Waals surface area contributed by atoms with Gasteiger partial charge in [0.25, 0.3) is 5.91 Å². The number of aryl methyl sites for hydroxylation is 1. The SMILES string of the molecule is CCCn1nc(C(=O)N2CCCCC2)c2c1CCC(CCCN(C)C)C2. The lowest BCUT2D eigenvalue weighted by atomic mass is 9.83. The molecule has 146 valence electrons. The molecule has 0 bridgehead atoms. The number of rotatable bonds is 7. The first-order valence-electron chi connectivity index (χ1n) is 10.6. The van der Waals surface area contributed by atoms with Gasteiger partial charge in [0.05, 0.1) is 0 Å².